The number of nitro groups is 1. The number of hydrogen-bond donors (Lipinski definition) is 0. The van der Waals surface area contributed by atoms with Crippen LogP contribution in [0.4, 0.5) is 5.95 Å². The molecule has 1 aliphatic rings. The van der Waals surface area contributed by atoms with Crippen LogP contribution in [0.1, 0.15) is 18.5 Å². The Labute approximate surface area is 92.5 Å². The highest BCUT2D eigenvalue weighted by molar-refractivity contribution is 5.77. The molecule has 1 saturated heterocycles. The molecule has 0 bridgehead atoms. The minimum Gasteiger partial charge on any atom is -0.390 e. The zero-order chi connectivity index (χ0) is 11.5. The van der Waals surface area contributed by atoms with Crippen molar-refractivity contribution in [3.05, 3.63) is 22.0 Å². The van der Waals surface area contributed by atoms with Crippen LogP contribution in [0.3, 0.4) is 0 Å². The summed E-state index contributed by atoms with van der Waals surface area (Å²) in [6.45, 7) is 1.91. The van der Waals surface area contributed by atoms with Crippen LogP contribution in [-0.4, -0.2) is 38.8 Å². The Morgan fingerprint density at radius 3 is 2.81 bits per heavy atom. The van der Waals surface area contributed by atoms with Crippen molar-refractivity contribution in [1.82, 2.24) is 14.6 Å². The van der Waals surface area contributed by atoms with Crippen molar-refractivity contribution in [2.45, 2.75) is 12.8 Å². The number of nitrogens with zero attached hydrogens (tertiary/aromatic N) is 5. The highest BCUT2D eigenvalue weighted by Crippen LogP contribution is 2.10. The molecule has 0 saturated carbocycles. The van der Waals surface area contributed by atoms with E-state index in [1.807, 2.05) is 5.01 Å². The van der Waals surface area contributed by atoms with E-state index in [1.54, 1.807) is 13.3 Å². The second-order valence-corrected chi connectivity index (χ2v) is 3.70. The molecular formula is C9H13N5O2. The molecule has 2 rings (SSSR count). The molecule has 1 aliphatic heterocycles. The lowest BCUT2D eigenvalue weighted by Crippen LogP contribution is -2.12. The van der Waals surface area contributed by atoms with E-state index in [0.29, 0.717) is 5.69 Å². The van der Waals surface area contributed by atoms with Gasteiger partial charge in [-0.1, -0.05) is 4.98 Å². The molecule has 0 radical (unpaired) electrons. The van der Waals surface area contributed by atoms with Crippen LogP contribution in [0.2, 0.25) is 0 Å². The first-order valence-electron chi connectivity index (χ1n) is 5.13. The molecule has 1 aromatic heterocycles. The second-order valence-electron chi connectivity index (χ2n) is 3.70. The Bertz CT molecular complexity index is 420. The molecule has 0 amide bonds. The summed E-state index contributed by atoms with van der Waals surface area (Å²) in [4.78, 5) is 13.8. The lowest BCUT2D eigenvalue weighted by Gasteiger charge is -2.07. The van der Waals surface area contributed by atoms with Gasteiger partial charge in [0.1, 0.15) is 6.20 Å². The summed E-state index contributed by atoms with van der Waals surface area (Å²) >= 11 is 0. The van der Waals surface area contributed by atoms with Crippen molar-refractivity contribution in [3.63, 3.8) is 0 Å². The quantitative estimate of drug-likeness (QED) is 0.430. The van der Waals surface area contributed by atoms with Crippen LogP contribution in [-0.2, 0) is 7.05 Å². The summed E-state index contributed by atoms with van der Waals surface area (Å²) in [5.74, 6) is -0.164. The van der Waals surface area contributed by atoms with Gasteiger partial charge < -0.3 is 10.1 Å². The summed E-state index contributed by atoms with van der Waals surface area (Å²) in [7, 11) is 1.61. The third kappa shape index (κ3) is 2.02. The van der Waals surface area contributed by atoms with Crippen LogP contribution in [0.15, 0.2) is 11.3 Å². The van der Waals surface area contributed by atoms with Crippen molar-refractivity contribution in [2.24, 2.45) is 12.1 Å². The minimum absolute atomic E-state index is 0.164. The largest absolute Gasteiger partial charge is 0.434 e. The van der Waals surface area contributed by atoms with E-state index in [-0.39, 0.29) is 5.95 Å². The molecule has 1 aromatic rings. The van der Waals surface area contributed by atoms with Crippen LogP contribution in [0.5, 0.6) is 0 Å². The lowest BCUT2D eigenvalue weighted by atomic mass is 10.4. The molecule has 0 atom stereocenters. The molecule has 1 fully saturated rings. The van der Waals surface area contributed by atoms with Gasteiger partial charge in [-0.15, -0.1) is 0 Å². The van der Waals surface area contributed by atoms with E-state index in [1.165, 1.54) is 10.8 Å². The van der Waals surface area contributed by atoms with E-state index in [4.69, 9.17) is 0 Å². The van der Waals surface area contributed by atoms with Gasteiger partial charge in [0.05, 0.1) is 13.3 Å². The molecular weight excluding hydrogens is 210 g/mol. The molecule has 0 spiro atoms. The van der Waals surface area contributed by atoms with Crippen molar-refractivity contribution in [2.75, 3.05) is 13.1 Å². The third-order valence-corrected chi connectivity index (χ3v) is 2.60. The van der Waals surface area contributed by atoms with Crippen molar-refractivity contribution in [3.8, 4) is 0 Å². The average Bonchev–Trinajstić information content (AvgIpc) is 2.84. The first-order chi connectivity index (χ1) is 7.68. The standard InChI is InChI=1S/C9H13N5O2/c1-12-8(6-10-9(12)14(15)16)7-11-13-4-2-3-5-13/h6-7H,2-5H2,1H3. The average molecular weight is 223 g/mol. The number of hydrazone groups is 1. The van der Waals surface area contributed by atoms with Gasteiger partial charge in [0.25, 0.3) is 0 Å². The number of imidazole rings is 1. The van der Waals surface area contributed by atoms with E-state index in [2.05, 4.69) is 10.1 Å². The van der Waals surface area contributed by atoms with Gasteiger partial charge in [0.2, 0.25) is 0 Å². The van der Waals surface area contributed by atoms with Gasteiger partial charge in [-0.25, -0.2) is 4.57 Å². The smallest absolute Gasteiger partial charge is 0.390 e. The topological polar surface area (TPSA) is 76.6 Å². The molecule has 7 nitrogen and oxygen atoms in total. The molecule has 0 unspecified atom stereocenters. The molecule has 0 aromatic carbocycles. The van der Waals surface area contributed by atoms with E-state index in [9.17, 15) is 10.1 Å². The van der Waals surface area contributed by atoms with Crippen molar-refractivity contribution in [1.29, 1.82) is 0 Å². The zero-order valence-electron chi connectivity index (χ0n) is 9.04. The summed E-state index contributed by atoms with van der Waals surface area (Å²) in [6, 6.07) is 0. The second kappa shape index (κ2) is 4.30. The fraction of sp³-hybridized carbons (Fsp3) is 0.556. The highest BCUT2D eigenvalue weighted by atomic mass is 16.6. The first-order valence-corrected chi connectivity index (χ1v) is 5.13. The lowest BCUT2D eigenvalue weighted by molar-refractivity contribution is -0.396. The third-order valence-electron chi connectivity index (χ3n) is 2.60. The Balaban J connectivity index is 2.12. The van der Waals surface area contributed by atoms with Crippen molar-refractivity contribution >= 4 is 12.2 Å². The van der Waals surface area contributed by atoms with Gasteiger partial charge >= 0.3 is 5.95 Å². The SMILES string of the molecule is Cn1c(C=NN2CCCC2)cnc1[N+](=O)[O-]. The number of aromatic nitrogens is 2. The summed E-state index contributed by atoms with van der Waals surface area (Å²) in [6.07, 6.45) is 5.38. The Morgan fingerprint density at radius 2 is 2.25 bits per heavy atom. The zero-order valence-corrected chi connectivity index (χ0v) is 9.04. The van der Waals surface area contributed by atoms with Crippen LogP contribution < -0.4 is 0 Å². The monoisotopic (exact) mass is 223 g/mol. The summed E-state index contributed by atoms with van der Waals surface area (Å²) in [5, 5.41) is 16.8. The molecule has 86 valence electrons. The van der Waals surface area contributed by atoms with Crippen LogP contribution in [0, 0.1) is 10.1 Å². The Morgan fingerprint density at radius 1 is 1.56 bits per heavy atom. The van der Waals surface area contributed by atoms with Gasteiger partial charge in [0, 0.05) is 13.1 Å². The normalized spacial score (nSPS) is 16.2. The minimum atomic E-state index is -0.507. The first kappa shape index (κ1) is 10.6. The van der Waals surface area contributed by atoms with Gasteiger partial charge in [-0.05, 0) is 17.8 Å². The predicted molar refractivity (Wildman–Crippen MR) is 58.3 cm³/mol. The molecule has 7 heteroatoms. The Hall–Kier alpha value is -1.92. The van der Waals surface area contributed by atoms with E-state index < -0.39 is 4.92 Å². The molecule has 16 heavy (non-hydrogen) atoms. The van der Waals surface area contributed by atoms with E-state index in [0.717, 1.165) is 25.9 Å². The van der Waals surface area contributed by atoms with Crippen LogP contribution >= 0.6 is 0 Å². The summed E-state index contributed by atoms with van der Waals surface area (Å²) in [5.41, 5.74) is 0.638. The summed E-state index contributed by atoms with van der Waals surface area (Å²) < 4.78 is 1.42. The molecule has 0 aliphatic carbocycles. The van der Waals surface area contributed by atoms with Gasteiger partial charge in [0.15, 0.2) is 5.69 Å². The fourth-order valence-electron chi connectivity index (χ4n) is 1.66. The number of rotatable bonds is 3. The van der Waals surface area contributed by atoms with E-state index >= 15 is 0 Å². The maximum atomic E-state index is 10.6. The molecule has 0 N–H and O–H groups in total. The fourth-order valence-corrected chi connectivity index (χ4v) is 1.66. The highest BCUT2D eigenvalue weighted by Gasteiger charge is 2.16. The maximum Gasteiger partial charge on any atom is 0.434 e. The van der Waals surface area contributed by atoms with Crippen molar-refractivity contribution < 1.29 is 4.92 Å². The maximum absolute atomic E-state index is 10.6. The number of hydrogen-bond acceptors (Lipinski definition) is 5. The van der Waals surface area contributed by atoms with Gasteiger partial charge in [-0.3, -0.25) is 5.01 Å². The predicted octanol–water partition coefficient (Wildman–Crippen LogP) is 0.758. The van der Waals surface area contributed by atoms with Crippen LogP contribution in [0.25, 0.3) is 0 Å². The molecule has 2 heterocycles. The Kier molecular flexibility index (Phi) is 2.84. The van der Waals surface area contributed by atoms with Gasteiger partial charge in [-0.2, -0.15) is 5.10 Å².